The molecule has 1 amide bonds. The van der Waals surface area contributed by atoms with E-state index in [4.69, 9.17) is 4.74 Å². The van der Waals surface area contributed by atoms with Gasteiger partial charge in [-0.1, -0.05) is 13.3 Å². The first-order chi connectivity index (χ1) is 7.22. The van der Waals surface area contributed by atoms with E-state index in [1.165, 1.54) is 19.8 Å². The van der Waals surface area contributed by atoms with Crippen LogP contribution in [0, 0.1) is 0 Å². The zero-order valence-corrected chi connectivity index (χ0v) is 9.79. The van der Waals surface area contributed by atoms with E-state index in [9.17, 15) is 4.79 Å². The second-order valence-corrected chi connectivity index (χ2v) is 4.08. The van der Waals surface area contributed by atoms with Crippen LogP contribution in [-0.2, 0) is 9.53 Å². The van der Waals surface area contributed by atoms with Crippen molar-refractivity contribution >= 4 is 5.91 Å². The molecule has 1 rings (SSSR count). The van der Waals surface area contributed by atoms with Gasteiger partial charge in [-0.15, -0.1) is 0 Å². The number of hydrogen-bond donors (Lipinski definition) is 1. The summed E-state index contributed by atoms with van der Waals surface area (Å²) in [6.07, 6.45) is 2.64. The first-order valence-corrected chi connectivity index (χ1v) is 5.80. The van der Waals surface area contributed by atoms with Gasteiger partial charge in [0.05, 0.1) is 12.7 Å². The number of nitrogens with one attached hydrogen (secondary N) is 1. The molecule has 1 atom stereocenters. The van der Waals surface area contributed by atoms with Crippen LogP contribution in [0.1, 0.15) is 26.7 Å². The highest BCUT2D eigenvalue weighted by atomic mass is 16.5. The third-order valence-corrected chi connectivity index (χ3v) is 2.63. The van der Waals surface area contributed by atoms with Crippen LogP contribution in [0.2, 0.25) is 0 Å². The van der Waals surface area contributed by atoms with E-state index < -0.39 is 0 Å². The Morgan fingerprint density at radius 3 is 3.07 bits per heavy atom. The minimum Gasteiger partial charge on any atom is -0.374 e. The maximum Gasteiger partial charge on any atom is 0.216 e. The Labute approximate surface area is 92.0 Å². The van der Waals surface area contributed by atoms with E-state index in [0.29, 0.717) is 6.54 Å². The highest BCUT2D eigenvalue weighted by Gasteiger charge is 2.19. The summed E-state index contributed by atoms with van der Waals surface area (Å²) in [5, 5.41) is 2.80. The van der Waals surface area contributed by atoms with Gasteiger partial charge in [0.15, 0.2) is 0 Å². The van der Waals surface area contributed by atoms with Gasteiger partial charge in [-0.05, 0) is 13.0 Å². The van der Waals surface area contributed by atoms with Gasteiger partial charge in [0.1, 0.15) is 0 Å². The molecule has 0 bridgehead atoms. The summed E-state index contributed by atoms with van der Waals surface area (Å²) in [7, 11) is 0. The van der Waals surface area contributed by atoms with Gasteiger partial charge in [-0.3, -0.25) is 9.69 Å². The molecule has 0 aromatic rings. The van der Waals surface area contributed by atoms with Crippen molar-refractivity contribution in [3.8, 4) is 0 Å². The number of amides is 1. The van der Waals surface area contributed by atoms with Crippen molar-refractivity contribution in [2.45, 2.75) is 32.8 Å². The maximum atomic E-state index is 10.8. The summed E-state index contributed by atoms with van der Waals surface area (Å²) in [4.78, 5) is 13.2. The fraction of sp³-hybridized carbons (Fsp3) is 0.909. The van der Waals surface area contributed by atoms with Crippen molar-refractivity contribution in [2.24, 2.45) is 0 Å². The number of carbonyl (C=O) groups is 1. The lowest BCUT2D eigenvalue weighted by Gasteiger charge is -2.32. The fourth-order valence-electron chi connectivity index (χ4n) is 1.75. The molecule has 0 radical (unpaired) electrons. The summed E-state index contributed by atoms with van der Waals surface area (Å²) in [6.45, 7) is 8.28. The van der Waals surface area contributed by atoms with Gasteiger partial charge < -0.3 is 10.1 Å². The lowest BCUT2D eigenvalue weighted by molar-refractivity contribution is -0.120. The van der Waals surface area contributed by atoms with Gasteiger partial charge in [-0.2, -0.15) is 0 Å². The normalized spacial score (nSPS) is 22.7. The SMILES string of the molecule is CCCCN1CCO[C@@H](CNC(C)=O)C1. The first-order valence-electron chi connectivity index (χ1n) is 5.80. The summed E-state index contributed by atoms with van der Waals surface area (Å²) in [6, 6.07) is 0. The quantitative estimate of drug-likeness (QED) is 0.729. The van der Waals surface area contributed by atoms with Crippen molar-refractivity contribution < 1.29 is 9.53 Å². The number of ether oxygens (including phenoxy) is 1. The molecule has 1 saturated heterocycles. The molecular weight excluding hydrogens is 192 g/mol. The van der Waals surface area contributed by atoms with Crippen LogP contribution in [0.5, 0.6) is 0 Å². The van der Waals surface area contributed by atoms with Crippen LogP contribution in [0.4, 0.5) is 0 Å². The van der Waals surface area contributed by atoms with Crippen molar-refractivity contribution in [3.05, 3.63) is 0 Å². The second-order valence-electron chi connectivity index (χ2n) is 4.08. The summed E-state index contributed by atoms with van der Waals surface area (Å²) < 4.78 is 5.58. The second kappa shape index (κ2) is 6.80. The number of morpholine rings is 1. The van der Waals surface area contributed by atoms with Crippen molar-refractivity contribution in [1.29, 1.82) is 0 Å². The van der Waals surface area contributed by atoms with E-state index in [1.807, 2.05) is 0 Å². The van der Waals surface area contributed by atoms with Crippen LogP contribution in [0.25, 0.3) is 0 Å². The molecule has 15 heavy (non-hydrogen) atoms. The minimum atomic E-state index is 0.0179. The fourth-order valence-corrected chi connectivity index (χ4v) is 1.75. The maximum absolute atomic E-state index is 10.8. The van der Waals surface area contributed by atoms with Crippen molar-refractivity contribution in [2.75, 3.05) is 32.8 Å². The van der Waals surface area contributed by atoms with Gasteiger partial charge in [0, 0.05) is 26.6 Å². The van der Waals surface area contributed by atoms with Crippen LogP contribution in [-0.4, -0.2) is 49.7 Å². The smallest absolute Gasteiger partial charge is 0.216 e. The Hall–Kier alpha value is -0.610. The number of hydrogen-bond acceptors (Lipinski definition) is 3. The molecule has 88 valence electrons. The molecule has 0 aliphatic carbocycles. The third kappa shape index (κ3) is 5.14. The molecule has 0 spiro atoms. The van der Waals surface area contributed by atoms with Gasteiger partial charge >= 0.3 is 0 Å². The lowest BCUT2D eigenvalue weighted by Crippen LogP contribution is -2.47. The Kier molecular flexibility index (Phi) is 5.65. The van der Waals surface area contributed by atoms with Crippen molar-refractivity contribution in [3.63, 3.8) is 0 Å². The van der Waals surface area contributed by atoms with E-state index in [2.05, 4.69) is 17.1 Å². The molecule has 1 N–H and O–H groups in total. The van der Waals surface area contributed by atoms with Gasteiger partial charge in [0.25, 0.3) is 0 Å². The molecular formula is C11H22N2O2. The van der Waals surface area contributed by atoms with E-state index >= 15 is 0 Å². The zero-order valence-electron chi connectivity index (χ0n) is 9.79. The van der Waals surface area contributed by atoms with E-state index in [0.717, 1.165) is 26.2 Å². The number of nitrogens with zero attached hydrogens (tertiary/aromatic N) is 1. The zero-order chi connectivity index (χ0) is 11.1. The molecule has 4 heteroatoms. The predicted molar refractivity (Wildman–Crippen MR) is 59.8 cm³/mol. The van der Waals surface area contributed by atoms with Gasteiger partial charge in [-0.25, -0.2) is 0 Å². The summed E-state index contributed by atoms with van der Waals surface area (Å²) in [5.41, 5.74) is 0. The monoisotopic (exact) mass is 214 g/mol. The Morgan fingerprint density at radius 2 is 2.40 bits per heavy atom. The highest BCUT2D eigenvalue weighted by Crippen LogP contribution is 2.05. The predicted octanol–water partition coefficient (Wildman–Crippen LogP) is 0.623. The average molecular weight is 214 g/mol. The van der Waals surface area contributed by atoms with E-state index in [1.54, 1.807) is 0 Å². The first kappa shape index (κ1) is 12.5. The number of carbonyl (C=O) groups excluding carboxylic acids is 1. The Morgan fingerprint density at radius 1 is 1.60 bits per heavy atom. The van der Waals surface area contributed by atoms with Crippen LogP contribution in [0.3, 0.4) is 0 Å². The summed E-state index contributed by atoms with van der Waals surface area (Å²) in [5.74, 6) is 0.0179. The molecule has 0 aromatic carbocycles. The molecule has 1 aliphatic rings. The largest absolute Gasteiger partial charge is 0.374 e. The van der Waals surface area contributed by atoms with Crippen LogP contribution >= 0.6 is 0 Å². The van der Waals surface area contributed by atoms with Crippen LogP contribution < -0.4 is 5.32 Å². The molecule has 1 aliphatic heterocycles. The minimum absolute atomic E-state index is 0.0179. The molecule has 0 aromatic heterocycles. The Bertz CT molecular complexity index is 197. The average Bonchev–Trinajstić information content (AvgIpc) is 2.24. The molecule has 1 heterocycles. The van der Waals surface area contributed by atoms with Crippen molar-refractivity contribution in [1.82, 2.24) is 10.2 Å². The number of unbranched alkanes of at least 4 members (excludes halogenated alkanes) is 1. The summed E-state index contributed by atoms with van der Waals surface area (Å²) >= 11 is 0. The number of rotatable bonds is 5. The van der Waals surface area contributed by atoms with Crippen LogP contribution in [0.15, 0.2) is 0 Å². The van der Waals surface area contributed by atoms with E-state index in [-0.39, 0.29) is 12.0 Å². The third-order valence-electron chi connectivity index (χ3n) is 2.63. The molecule has 1 fully saturated rings. The highest BCUT2D eigenvalue weighted by molar-refractivity contribution is 5.72. The topological polar surface area (TPSA) is 41.6 Å². The molecule has 0 unspecified atom stereocenters. The Balaban J connectivity index is 2.19. The lowest BCUT2D eigenvalue weighted by atomic mass is 10.2. The molecule has 4 nitrogen and oxygen atoms in total. The molecule has 0 saturated carbocycles. The standard InChI is InChI=1S/C11H22N2O2/c1-3-4-5-13-6-7-15-11(9-13)8-12-10(2)14/h11H,3-9H2,1-2H3,(H,12,14)/t11-/m0/s1. The van der Waals surface area contributed by atoms with Gasteiger partial charge in [0.2, 0.25) is 5.91 Å².